The van der Waals surface area contributed by atoms with Crippen LogP contribution in [0.4, 0.5) is 8.78 Å². The normalized spacial score (nSPS) is 10.7. The molecule has 1 heterocycles. The molecule has 5 heteroatoms. The van der Waals surface area contributed by atoms with E-state index in [4.69, 9.17) is 0 Å². The summed E-state index contributed by atoms with van der Waals surface area (Å²) in [6.45, 7) is 0. The van der Waals surface area contributed by atoms with E-state index in [1.807, 2.05) is 0 Å². The summed E-state index contributed by atoms with van der Waals surface area (Å²) in [4.78, 5) is 15.9. The first-order valence-corrected chi connectivity index (χ1v) is 5.92. The smallest absolute Gasteiger partial charge is 0.264 e. The fourth-order valence-corrected chi connectivity index (χ4v) is 2.04. The van der Waals surface area contributed by atoms with Gasteiger partial charge in [-0.05, 0) is 18.2 Å². The van der Waals surface area contributed by atoms with Gasteiger partial charge in [0.25, 0.3) is 6.43 Å². The third-order valence-corrected chi connectivity index (χ3v) is 3.08. The third-order valence-electron chi connectivity index (χ3n) is 2.40. The van der Waals surface area contributed by atoms with E-state index in [0.29, 0.717) is 5.56 Å². The number of alkyl halides is 2. The second-order valence-corrected chi connectivity index (χ2v) is 4.44. The van der Waals surface area contributed by atoms with Gasteiger partial charge in [-0.25, -0.2) is 8.78 Å². The highest BCUT2D eigenvalue weighted by Gasteiger charge is 2.15. The Morgan fingerprint density at radius 2 is 2.00 bits per heavy atom. The third kappa shape index (κ3) is 2.61. The summed E-state index contributed by atoms with van der Waals surface area (Å²) in [6.07, 6.45) is -1.06. The van der Waals surface area contributed by atoms with Crippen LogP contribution >= 0.6 is 15.9 Å². The Balaban J connectivity index is 2.36. The van der Waals surface area contributed by atoms with Crippen molar-refractivity contribution >= 4 is 21.7 Å². The molecule has 0 radical (unpaired) electrons. The van der Waals surface area contributed by atoms with E-state index < -0.39 is 6.43 Å². The van der Waals surface area contributed by atoms with Crippen LogP contribution in [0.1, 0.15) is 28.0 Å². The fraction of sp³-hybridized carbons (Fsp3) is 0.0769. The molecule has 1 aromatic heterocycles. The van der Waals surface area contributed by atoms with Crippen LogP contribution in [0.25, 0.3) is 0 Å². The summed E-state index contributed by atoms with van der Waals surface area (Å²) >= 11 is 3.04. The summed E-state index contributed by atoms with van der Waals surface area (Å²) in [5.41, 5.74) is 0.478. The second kappa shape index (κ2) is 5.35. The Morgan fingerprint density at radius 3 is 2.56 bits per heavy atom. The van der Waals surface area contributed by atoms with Crippen molar-refractivity contribution in [1.82, 2.24) is 4.98 Å². The molecule has 0 N–H and O–H groups in total. The molecule has 0 aliphatic rings. The van der Waals surface area contributed by atoms with Gasteiger partial charge in [-0.2, -0.15) is 0 Å². The average Bonchev–Trinajstić information content (AvgIpc) is 2.38. The molecular formula is C13H8BrF2NO. The predicted molar refractivity (Wildman–Crippen MR) is 66.8 cm³/mol. The Morgan fingerprint density at radius 1 is 1.22 bits per heavy atom. The first-order chi connectivity index (χ1) is 8.59. The minimum Gasteiger partial charge on any atom is -0.287 e. The van der Waals surface area contributed by atoms with Crippen molar-refractivity contribution in [2.75, 3.05) is 0 Å². The molecule has 0 amide bonds. The van der Waals surface area contributed by atoms with Crippen LogP contribution < -0.4 is 0 Å². The van der Waals surface area contributed by atoms with E-state index in [-0.39, 0.29) is 21.5 Å². The lowest BCUT2D eigenvalue weighted by Crippen LogP contribution is -2.04. The molecule has 0 spiro atoms. The number of benzene rings is 1. The molecule has 0 fully saturated rings. The van der Waals surface area contributed by atoms with Gasteiger partial charge < -0.3 is 0 Å². The van der Waals surface area contributed by atoms with E-state index in [1.165, 1.54) is 24.4 Å². The number of pyridine rings is 1. The molecule has 0 bridgehead atoms. The monoisotopic (exact) mass is 311 g/mol. The van der Waals surface area contributed by atoms with Gasteiger partial charge in [-0.3, -0.25) is 9.78 Å². The van der Waals surface area contributed by atoms with E-state index in [1.54, 1.807) is 18.2 Å². The Kier molecular flexibility index (Phi) is 3.81. The molecule has 2 rings (SSSR count). The largest absolute Gasteiger partial charge is 0.287 e. The molecule has 18 heavy (non-hydrogen) atoms. The number of halogens is 3. The van der Waals surface area contributed by atoms with E-state index in [2.05, 4.69) is 20.9 Å². The zero-order valence-electron chi connectivity index (χ0n) is 9.11. The summed E-state index contributed by atoms with van der Waals surface area (Å²) in [7, 11) is 0. The zero-order chi connectivity index (χ0) is 13.1. The quantitative estimate of drug-likeness (QED) is 0.802. The molecule has 0 unspecified atom stereocenters. The molecule has 1 aromatic carbocycles. The van der Waals surface area contributed by atoms with Crippen LogP contribution in [0.5, 0.6) is 0 Å². The number of hydrogen-bond donors (Lipinski definition) is 0. The second-order valence-electron chi connectivity index (χ2n) is 3.58. The Bertz CT molecular complexity index is 572. The Labute approximate surface area is 111 Å². The zero-order valence-corrected chi connectivity index (χ0v) is 10.7. The minimum atomic E-state index is -2.57. The van der Waals surface area contributed by atoms with E-state index in [0.717, 1.165) is 0 Å². The van der Waals surface area contributed by atoms with Crippen LogP contribution in [-0.2, 0) is 0 Å². The molecular weight excluding hydrogens is 304 g/mol. The van der Waals surface area contributed by atoms with Gasteiger partial charge in [-0.1, -0.05) is 34.1 Å². The predicted octanol–water partition coefficient (Wildman–Crippen LogP) is 4.01. The number of nitrogens with zero attached hydrogens (tertiary/aromatic N) is 1. The van der Waals surface area contributed by atoms with Crippen molar-refractivity contribution in [2.24, 2.45) is 0 Å². The van der Waals surface area contributed by atoms with Gasteiger partial charge in [-0.15, -0.1) is 0 Å². The fourth-order valence-electron chi connectivity index (χ4n) is 1.49. The van der Waals surface area contributed by atoms with Crippen LogP contribution in [0, 0.1) is 0 Å². The molecule has 0 aliphatic carbocycles. The highest BCUT2D eigenvalue weighted by Crippen LogP contribution is 2.28. The summed E-state index contributed by atoms with van der Waals surface area (Å²) < 4.78 is 25.3. The summed E-state index contributed by atoms with van der Waals surface area (Å²) in [5.74, 6) is -0.294. The lowest BCUT2D eigenvalue weighted by atomic mass is 10.1. The van der Waals surface area contributed by atoms with Crippen molar-refractivity contribution < 1.29 is 13.6 Å². The number of aromatic nitrogens is 1. The SMILES string of the molecule is O=C(c1ccc(C(F)F)c(Br)c1)c1ccccn1. The molecule has 0 atom stereocenters. The van der Waals surface area contributed by atoms with Gasteiger partial charge in [0, 0.05) is 21.8 Å². The highest BCUT2D eigenvalue weighted by molar-refractivity contribution is 9.10. The molecule has 0 aliphatic heterocycles. The van der Waals surface area contributed by atoms with Gasteiger partial charge in [0.05, 0.1) is 0 Å². The number of carbonyl (C=O) groups is 1. The van der Waals surface area contributed by atoms with Gasteiger partial charge in [0.15, 0.2) is 0 Å². The van der Waals surface area contributed by atoms with Crippen LogP contribution in [-0.4, -0.2) is 10.8 Å². The minimum absolute atomic E-state index is 0.132. The maximum atomic E-state index is 12.6. The first-order valence-electron chi connectivity index (χ1n) is 5.13. The molecule has 2 nitrogen and oxygen atoms in total. The summed E-state index contributed by atoms with van der Waals surface area (Å²) in [5, 5.41) is 0. The Hall–Kier alpha value is -1.62. The lowest BCUT2D eigenvalue weighted by molar-refractivity contribution is 0.103. The van der Waals surface area contributed by atoms with Crippen LogP contribution in [0.3, 0.4) is 0 Å². The number of ketones is 1. The molecule has 2 aromatic rings. The topological polar surface area (TPSA) is 30.0 Å². The first kappa shape index (κ1) is 12.8. The number of rotatable bonds is 3. The molecule has 92 valence electrons. The van der Waals surface area contributed by atoms with Crippen LogP contribution in [0.2, 0.25) is 0 Å². The van der Waals surface area contributed by atoms with Gasteiger partial charge in [0.2, 0.25) is 5.78 Å². The summed E-state index contributed by atoms with van der Waals surface area (Å²) in [6, 6.07) is 8.99. The van der Waals surface area contributed by atoms with Crippen LogP contribution in [0.15, 0.2) is 47.1 Å². The van der Waals surface area contributed by atoms with Gasteiger partial charge >= 0.3 is 0 Å². The maximum Gasteiger partial charge on any atom is 0.264 e. The van der Waals surface area contributed by atoms with E-state index in [9.17, 15) is 13.6 Å². The average molecular weight is 312 g/mol. The van der Waals surface area contributed by atoms with E-state index >= 15 is 0 Å². The molecule has 0 saturated carbocycles. The maximum absolute atomic E-state index is 12.6. The van der Waals surface area contributed by atoms with Crippen molar-refractivity contribution in [3.05, 3.63) is 63.9 Å². The molecule has 0 saturated heterocycles. The number of hydrogen-bond acceptors (Lipinski definition) is 2. The number of carbonyl (C=O) groups excluding carboxylic acids is 1. The van der Waals surface area contributed by atoms with Crippen molar-refractivity contribution in [3.63, 3.8) is 0 Å². The van der Waals surface area contributed by atoms with Crippen molar-refractivity contribution in [3.8, 4) is 0 Å². The standard InChI is InChI=1S/C13H8BrF2NO/c14-10-7-8(4-5-9(10)13(15)16)12(18)11-3-1-2-6-17-11/h1-7,13H. The van der Waals surface area contributed by atoms with Gasteiger partial charge in [0.1, 0.15) is 5.69 Å². The van der Waals surface area contributed by atoms with Crippen molar-refractivity contribution in [2.45, 2.75) is 6.43 Å². The highest BCUT2D eigenvalue weighted by atomic mass is 79.9. The van der Waals surface area contributed by atoms with Crippen molar-refractivity contribution in [1.29, 1.82) is 0 Å². The lowest BCUT2D eigenvalue weighted by Gasteiger charge is -2.05.